The van der Waals surface area contributed by atoms with Gasteiger partial charge in [0.15, 0.2) is 0 Å². The number of nitrogens with zero attached hydrogens (tertiary/aromatic N) is 2. The zero-order chi connectivity index (χ0) is 9.68. The molecule has 0 radical (unpaired) electrons. The van der Waals surface area contributed by atoms with E-state index in [9.17, 15) is 0 Å². The highest BCUT2D eigenvalue weighted by atomic mass is 35.5. The molecule has 0 aliphatic carbocycles. The molecule has 0 fully saturated rings. The van der Waals surface area contributed by atoms with Crippen LogP contribution in [0, 0.1) is 0 Å². The Labute approximate surface area is 83.5 Å². The lowest BCUT2D eigenvalue weighted by Crippen LogP contribution is -1.92. The topological polar surface area (TPSA) is 38.9 Å². The SMILES string of the molecule is CCCC(C)c1nnc(CCCl)o1. The molecule has 0 bridgehead atoms. The van der Waals surface area contributed by atoms with Crippen molar-refractivity contribution in [3.8, 4) is 0 Å². The van der Waals surface area contributed by atoms with Gasteiger partial charge in [-0.25, -0.2) is 0 Å². The number of halogens is 1. The molecular weight excluding hydrogens is 188 g/mol. The van der Waals surface area contributed by atoms with Gasteiger partial charge in [0.25, 0.3) is 0 Å². The van der Waals surface area contributed by atoms with Crippen molar-refractivity contribution < 1.29 is 4.42 Å². The van der Waals surface area contributed by atoms with Crippen LogP contribution in [0.2, 0.25) is 0 Å². The number of alkyl halides is 1. The quantitative estimate of drug-likeness (QED) is 0.690. The van der Waals surface area contributed by atoms with E-state index < -0.39 is 0 Å². The molecule has 1 rings (SSSR count). The molecule has 1 unspecified atom stereocenters. The molecule has 13 heavy (non-hydrogen) atoms. The van der Waals surface area contributed by atoms with E-state index in [-0.39, 0.29) is 0 Å². The summed E-state index contributed by atoms with van der Waals surface area (Å²) in [5, 5.41) is 7.89. The lowest BCUT2D eigenvalue weighted by Gasteiger charge is -2.02. The Balaban J connectivity index is 2.56. The minimum atomic E-state index is 0.363. The molecule has 0 saturated heterocycles. The van der Waals surface area contributed by atoms with Gasteiger partial charge >= 0.3 is 0 Å². The molecule has 1 atom stereocenters. The number of rotatable bonds is 5. The Morgan fingerprint density at radius 1 is 1.46 bits per heavy atom. The van der Waals surface area contributed by atoms with Gasteiger partial charge in [0, 0.05) is 18.2 Å². The average molecular weight is 203 g/mol. The Morgan fingerprint density at radius 3 is 2.85 bits per heavy atom. The second kappa shape index (κ2) is 5.22. The fraction of sp³-hybridized carbons (Fsp3) is 0.778. The van der Waals surface area contributed by atoms with Crippen LogP contribution in [0.5, 0.6) is 0 Å². The molecular formula is C9H15ClN2O. The molecule has 74 valence electrons. The number of aryl methyl sites for hydroxylation is 1. The fourth-order valence-electron chi connectivity index (χ4n) is 1.20. The van der Waals surface area contributed by atoms with E-state index in [0.717, 1.165) is 18.7 Å². The first-order chi connectivity index (χ1) is 6.27. The number of hydrogen-bond donors (Lipinski definition) is 0. The third-order valence-corrected chi connectivity index (χ3v) is 2.12. The van der Waals surface area contributed by atoms with Gasteiger partial charge in [0.2, 0.25) is 11.8 Å². The van der Waals surface area contributed by atoms with Crippen molar-refractivity contribution in [3.05, 3.63) is 11.8 Å². The summed E-state index contributed by atoms with van der Waals surface area (Å²) in [5.41, 5.74) is 0. The standard InChI is InChI=1S/C9H15ClN2O/c1-3-4-7(2)9-12-11-8(13-9)5-6-10/h7H,3-6H2,1-2H3. The van der Waals surface area contributed by atoms with Gasteiger partial charge in [-0.05, 0) is 6.42 Å². The molecule has 1 aromatic heterocycles. The maximum absolute atomic E-state index is 5.56. The van der Waals surface area contributed by atoms with Gasteiger partial charge in [0.1, 0.15) is 0 Å². The van der Waals surface area contributed by atoms with Crippen molar-refractivity contribution in [2.24, 2.45) is 0 Å². The Hall–Kier alpha value is -0.570. The maximum atomic E-state index is 5.56. The highest BCUT2D eigenvalue weighted by Gasteiger charge is 2.12. The monoisotopic (exact) mass is 202 g/mol. The van der Waals surface area contributed by atoms with Crippen molar-refractivity contribution in [1.29, 1.82) is 0 Å². The first-order valence-corrected chi connectivity index (χ1v) is 5.19. The third kappa shape index (κ3) is 2.99. The van der Waals surface area contributed by atoms with Crippen LogP contribution in [-0.4, -0.2) is 16.1 Å². The summed E-state index contributed by atoms with van der Waals surface area (Å²) < 4.78 is 5.43. The summed E-state index contributed by atoms with van der Waals surface area (Å²) >= 11 is 5.56. The largest absolute Gasteiger partial charge is 0.425 e. The van der Waals surface area contributed by atoms with Crippen LogP contribution in [0.25, 0.3) is 0 Å². The average Bonchev–Trinajstić information content (AvgIpc) is 2.54. The zero-order valence-corrected chi connectivity index (χ0v) is 8.84. The zero-order valence-electron chi connectivity index (χ0n) is 8.09. The maximum Gasteiger partial charge on any atom is 0.219 e. The molecule has 0 aliphatic rings. The van der Waals surface area contributed by atoms with Gasteiger partial charge in [-0.3, -0.25) is 0 Å². The minimum absolute atomic E-state index is 0.363. The van der Waals surface area contributed by atoms with Gasteiger partial charge in [-0.2, -0.15) is 0 Å². The highest BCUT2D eigenvalue weighted by Crippen LogP contribution is 2.18. The van der Waals surface area contributed by atoms with Crippen LogP contribution in [0.3, 0.4) is 0 Å². The van der Waals surface area contributed by atoms with Crippen molar-refractivity contribution in [3.63, 3.8) is 0 Å². The summed E-state index contributed by atoms with van der Waals surface area (Å²) in [5.74, 6) is 2.28. The molecule has 0 saturated carbocycles. The van der Waals surface area contributed by atoms with Crippen molar-refractivity contribution >= 4 is 11.6 Å². The summed E-state index contributed by atoms with van der Waals surface area (Å²) in [6.07, 6.45) is 2.88. The predicted molar refractivity (Wildman–Crippen MR) is 52.0 cm³/mol. The Morgan fingerprint density at radius 2 is 2.23 bits per heavy atom. The molecule has 1 aromatic rings. The molecule has 0 aliphatic heterocycles. The molecule has 1 heterocycles. The molecule has 0 N–H and O–H groups in total. The van der Waals surface area contributed by atoms with Gasteiger partial charge in [-0.15, -0.1) is 21.8 Å². The summed E-state index contributed by atoms with van der Waals surface area (Å²) in [6.45, 7) is 4.24. The van der Waals surface area contributed by atoms with E-state index in [4.69, 9.17) is 16.0 Å². The predicted octanol–water partition coefficient (Wildman–Crippen LogP) is 2.75. The highest BCUT2D eigenvalue weighted by molar-refractivity contribution is 6.17. The van der Waals surface area contributed by atoms with Crippen LogP contribution in [0.1, 0.15) is 44.4 Å². The molecule has 0 spiro atoms. The van der Waals surface area contributed by atoms with E-state index >= 15 is 0 Å². The van der Waals surface area contributed by atoms with Crippen LogP contribution in [0.4, 0.5) is 0 Å². The fourth-order valence-corrected chi connectivity index (χ4v) is 1.37. The first kappa shape index (κ1) is 10.5. The molecule has 4 heteroatoms. The van der Waals surface area contributed by atoms with Crippen LogP contribution < -0.4 is 0 Å². The molecule has 3 nitrogen and oxygen atoms in total. The lowest BCUT2D eigenvalue weighted by molar-refractivity contribution is 0.417. The Kier molecular flexibility index (Phi) is 4.22. The van der Waals surface area contributed by atoms with E-state index in [1.807, 2.05) is 0 Å². The Bertz CT molecular complexity index is 250. The van der Waals surface area contributed by atoms with Gasteiger partial charge < -0.3 is 4.42 Å². The van der Waals surface area contributed by atoms with Crippen molar-refractivity contribution in [2.75, 3.05) is 5.88 Å². The van der Waals surface area contributed by atoms with E-state index in [1.54, 1.807) is 0 Å². The summed E-state index contributed by atoms with van der Waals surface area (Å²) in [4.78, 5) is 0. The van der Waals surface area contributed by atoms with E-state index in [2.05, 4.69) is 24.0 Å². The van der Waals surface area contributed by atoms with Gasteiger partial charge in [0.05, 0.1) is 0 Å². The number of hydrogen-bond acceptors (Lipinski definition) is 3. The first-order valence-electron chi connectivity index (χ1n) is 4.66. The lowest BCUT2D eigenvalue weighted by atomic mass is 10.1. The van der Waals surface area contributed by atoms with Crippen LogP contribution in [-0.2, 0) is 6.42 Å². The van der Waals surface area contributed by atoms with Crippen LogP contribution >= 0.6 is 11.6 Å². The van der Waals surface area contributed by atoms with E-state index in [0.29, 0.717) is 24.1 Å². The van der Waals surface area contributed by atoms with Gasteiger partial charge in [-0.1, -0.05) is 20.3 Å². The number of aromatic nitrogens is 2. The molecule has 0 aromatic carbocycles. The molecule has 0 amide bonds. The van der Waals surface area contributed by atoms with Crippen molar-refractivity contribution in [2.45, 2.75) is 39.0 Å². The van der Waals surface area contributed by atoms with Crippen LogP contribution in [0.15, 0.2) is 4.42 Å². The second-order valence-electron chi connectivity index (χ2n) is 3.16. The smallest absolute Gasteiger partial charge is 0.219 e. The minimum Gasteiger partial charge on any atom is -0.425 e. The third-order valence-electron chi connectivity index (χ3n) is 1.93. The van der Waals surface area contributed by atoms with E-state index in [1.165, 1.54) is 0 Å². The summed E-state index contributed by atoms with van der Waals surface area (Å²) in [6, 6.07) is 0. The second-order valence-corrected chi connectivity index (χ2v) is 3.54. The summed E-state index contributed by atoms with van der Waals surface area (Å²) in [7, 11) is 0. The van der Waals surface area contributed by atoms with Crippen molar-refractivity contribution in [1.82, 2.24) is 10.2 Å². The normalized spacial score (nSPS) is 13.2.